The van der Waals surface area contributed by atoms with Crippen LogP contribution in [0.15, 0.2) is 11.4 Å². The van der Waals surface area contributed by atoms with Crippen molar-refractivity contribution in [2.45, 2.75) is 42.8 Å². The summed E-state index contributed by atoms with van der Waals surface area (Å²) in [6.45, 7) is 0.612. The van der Waals surface area contributed by atoms with Gasteiger partial charge in [0.15, 0.2) is 16.6 Å². The van der Waals surface area contributed by atoms with Gasteiger partial charge in [0.05, 0.1) is 10.9 Å². The van der Waals surface area contributed by atoms with Gasteiger partial charge in [-0.25, -0.2) is 9.97 Å². The van der Waals surface area contributed by atoms with E-state index in [0.29, 0.717) is 28.4 Å². The van der Waals surface area contributed by atoms with Gasteiger partial charge in [0.2, 0.25) is 0 Å². The van der Waals surface area contributed by atoms with E-state index in [1.807, 2.05) is 10.8 Å². The highest BCUT2D eigenvalue weighted by atomic mass is 32.2. The Hall–Kier alpha value is -1.76. The number of aromatic nitrogens is 3. The van der Waals surface area contributed by atoms with Crippen LogP contribution in [0.4, 0.5) is 0 Å². The Morgan fingerprint density at radius 3 is 2.86 bits per heavy atom. The molecule has 2 aromatic rings. The van der Waals surface area contributed by atoms with E-state index in [-0.39, 0.29) is 17.2 Å². The molecule has 116 valence electrons. The lowest BCUT2D eigenvalue weighted by Crippen LogP contribution is -2.52. The molecular formula is C15H18N4O2S. The zero-order valence-electron chi connectivity index (χ0n) is 12.4. The van der Waals surface area contributed by atoms with Crippen molar-refractivity contribution in [1.82, 2.24) is 19.9 Å². The summed E-state index contributed by atoms with van der Waals surface area (Å²) >= 11 is 1.46. The van der Waals surface area contributed by atoms with Gasteiger partial charge in [0.25, 0.3) is 5.91 Å². The molecule has 0 atom stereocenters. The van der Waals surface area contributed by atoms with Crippen molar-refractivity contribution in [3.05, 3.63) is 11.9 Å². The average Bonchev–Trinajstić information content (AvgIpc) is 2.86. The van der Waals surface area contributed by atoms with Crippen LogP contribution in [0.25, 0.3) is 11.0 Å². The second kappa shape index (κ2) is 4.87. The van der Waals surface area contributed by atoms with E-state index < -0.39 is 0 Å². The molecule has 4 rings (SSSR count). The molecule has 0 bridgehead atoms. The minimum absolute atomic E-state index is 0.00445. The molecule has 0 unspecified atom stereocenters. The van der Waals surface area contributed by atoms with Crippen molar-refractivity contribution in [3.63, 3.8) is 0 Å². The topological polar surface area (TPSA) is 80.0 Å². The number of nitrogens with one attached hydrogen (secondary N) is 1. The van der Waals surface area contributed by atoms with Crippen molar-refractivity contribution < 1.29 is 9.90 Å². The molecule has 7 heteroatoms. The maximum atomic E-state index is 12.3. The summed E-state index contributed by atoms with van der Waals surface area (Å²) in [6, 6.07) is 0. The van der Waals surface area contributed by atoms with Gasteiger partial charge in [-0.15, -0.1) is 0 Å². The summed E-state index contributed by atoms with van der Waals surface area (Å²) in [5, 5.41) is 14.7. The smallest absolute Gasteiger partial charge is 0.271 e. The molecule has 2 N–H and O–H groups in total. The highest BCUT2D eigenvalue weighted by molar-refractivity contribution is 7.98. The van der Waals surface area contributed by atoms with Crippen LogP contribution >= 0.6 is 11.8 Å². The quantitative estimate of drug-likeness (QED) is 0.623. The van der Waals surface area contributed by atoms with Crippen molar-refractivity contribution in [1.29, 1.82) is 0 Å². The first kappa shape index (κ1) is 13.9. The molecule has 22 heavy (non-hydrogen) atoms. The number of fused-ring (bicyclic) bond motifs is 4. The van der Waals surface area contributed by atoms with Crippen LogP contribution in [0.5, 0.6) is 5.75 Å². The van der Waals surface area contributed by atoms with E-state index >= 15 is 0 Å². The second-order valence-electron chi connectivity index (χ2n) is 6.09. The molecule has 1 saturated carbocycles. The number of hydrogen-bond donors (Lipinski definition) is 2. The lowest BCUT2D eigenvalue weighted by Gasteiger charge is -2.42. The maximum absolute atomic E-state index is 12.3. The Labute approximate surface area is 132 Å². The zero-order chi connectivity index (χ0) is 15.3. The van der Waals surface area contributed by atoms with Crippen molar-refractivity contribution in [2.75, 3.05) is 12.8 Å². The van der Waals surface area contributed by atoms with Gasteiger partial charge in [-0.2, -0.15) is 0 Å². The van der Waals surface area contributed by atoms with E-state index in [0.717, 1.165) is 25.7 Å². The van der Waals surface area contributed by atoms with E-state index in [1.165, 1.54) is 18.2 Å². The van der Waals surface area contributed by atoms with Gasteiger partial charge in [0.1, 0.15) is 5.65 Å². The molecule has 0 radical (unpaired) electrons. The lowest BCUT2D eigenvalue weighted by atomic mass is 9.80. The molecule has 1 aliphatic heterocycles. The Morgan fingerprint density at radius 2 is 2.14 bits per heavy atom. The molecule has 2 aliphatic rings. The van der Waals surface area contributed by atoms with Gasteiger partial charge in [-0.05, 0) is 19.1 Å². The maximum Gasteiger partial charge on any atom is 0.271 e. The van der Waals surface area contributed by atoms with Crippen LogP contribution in [0, 0.1) is 0 Å². The summed E-state index contributed by atoms with van der Waals surface area (Å²) in [5.74, 6) is -0.220. The minimum atomic E-state index is -0.225. The monoisotopic (exact) mass is 318 g/mol. The summed E-state index contributed by atoms with van der Waals surface area (Å²) < 4.78 is 2.00. The van der Waals surface area contributed by atoms with Crippen LogP contribution in [-0.2, 0) is 5.54 Å². The number of amides is 1. The zero-order valence-corrected chi connectivity index (χ0v) is 13.2. The summed E-state index contributed by atoms with van der Waals surface area (Å²) in [7, 11) is 0. The van der Waals surface area contributed by atoms with Crippen LogP contribution in [0.3, 0.4) is 0 Å². The largest absolute Gasteiger partial charge is 0.505 e. The Morgan fingerprint density at radius 1 is 1.36 bits per heavy atom. The SMILES string of the molecule is CSc1ncc2c(O)c3n(c2n1)C1(CCCCC1)CNC3=O. The number of carbonyl (C=O) groups is 1. The van der Waals surface area contributed by atoms with Gasteiger partial charge in [-0.3, -0.25) is 4.79 Å². The van der Waals surface area contributed by atoms with Crippen molar-refractivity contribution in [2.24, 2.45) is 0 Å². The molecule has 2 aromatic heterocycles. The summed E-state index contributed by atoms with van der Waals surface area (Å²) in [4.78, 5) is 21.1. The predicted octanol–water partition coefficient (Wildman–Crippen LogP) is 2.26. The summed E-state index contributed by atoms with van der Waals surface area (Å²) in [5.41, 5.74) is 0.865. The third-order valence-electron chi connectivity index (χ3n) is 4.90. The molecule has 1 amide bonds. The Bertz CT molecular complexity index is 764. The molecule has 1 fully saturated rings. The van der Waals surface area contributed by atoms with Crippen LogP contribution in [0.1, 0.15) is 42.6 Å². The van der Waals surface area contributed by atoms with Gasteiger partial charge in [0, 0.05) is 12.7 Å². The first-order chi connectivity index (χ1) is 10.7. The van der Waals surface area contributed by atoms with Gasteiger partial charge >= 0.3 is 0 Å². The molecule has 6 nitrogen and oxygen atoms in total. The Balaban J connectivity index is 2.04. The summed E-state index contributed by atoms with van der Waals surface area (Å²) in [6.07, 6.45) is 9.04. The van der Waals surface area contributed by atoms with Gasteiger partial charge in [-0.1, -0.05) is 31.0 Å². The number of thioether (sulfide) groups is 1. The molecule has 1 spiro atoms. The fourth-order valence-corrected chi connectivity index (χ4v) is 4.16. The van der Waals surface area contributed by atoms with Crippen LogP contribution < -0.4 is 5.32 Å². The van der Waals surface area contributed by atoms with Gasteiger partial charge < -0.3 is 15.0 Å². The highest BCUT2D eigenvalue weighted by Crippen LogP contribution is 2.44. The van der Waals surface area contributed by atoms with Crippen molar-refractivity contribution >= 4 is 28.7 Å². The fraction of sp³-hybridized carbons (Fsp3) is 0.533. The number of hydrogen-bond acceptors (Lipinski definition) is 5. The molecule has 0 aromatic carbocycles. The Kier molecular flexibility index (Phi) is 3.07. The van der Waals surface area contributed by atoms with E-state index in [1.54, 1.807) is 6.20 Å². The second-order valence-corrected chi connectivity index (χ2v) is 6.87. The molecule has 1 aliphatic carbocycles. The number of aromatic hydroxyl groups is 1. The molecular weight excluding hydrogens is 300 g/mol. The number of carbonyl (C=O) groups excluding carboxylic acids is 1. The third-order valence-corrected chi connectivity index (χ3v) is 5.46. The fourth-order valence-electron chi connectivity index (χ4n) is 3.82. The molecule has 0 saturated heterocycles. The highest BCUT2D eigenvalue weighted by Gasteiger charge is 2.43. The standard InChI is InChI=1S/C15H18N4O2S/c1-22-14-16-7-9-11(20)10-13(21)17-8-15(5-3-2-4-6-15)19(10)12(9)18-14/h7,20H,2-6,8H2,1H3,(H,17,21). The number of rotatable bonds is 1. The molecule has 3 heterocycles. The van der Waals surface area contributed by atoms with E-state index in [2.05, 4.69) is 15.3 Å². The van der Waals surface area contributed by atoms with E-state index in [4.69, 9.17) is 0 Å². The minimum Gasteiger partial charge on any atom is -0.505 e. The van der Waals surface area contributed by atoms with E-state index in [9.17, 15) is 9.90 Å². The average molecular weight is 318 g/mol. The lowest BCUT2D eigenvalue weighted by molar-refractivity contribution is 0.0828. The first-order valence-corrected chi connectivity index (χ1v) is 8.82. The first-order valence-electron chi connectivity index (χ1n) is 7.59. The van der Waals surface area contributed by atoms with Crippen molar-refractivity contribution in [3.8, 4) is 5.75 Å². The number of nitrogens with zero attached hydrogens (tertiary/aromatic N) is 3. The predicted molar refractivity (Wildman–Crippen MR) is 84.4 cm³/mol. The third kappa shape index (κ3) is 1.78. The van der Waals surface area contributed by atoms with Crippen LogP contribution in [0.2, 0.25) is 0 Å². The normalized spacial score (nSPS) is 20.1. The van der Waals surface area contributed by atoms with Crippen LogP contribution in [-0.4, -0.2) is 38.3 Å².